The Labute approximate surface area is 75.3 Å². The summed E-state index contributed by atoms with van der Waals surface area (Å²) in [6.07, 6.45) is 0. The molecule has 6 heteroatoms. The van der Waals surface area contributed by atoms with Crippen molar-refractivity contribution in [1.29, 1.82) is 0 Å². The molecule has 70 valence electrons. The van der Waals surface area contributed by atoms with E-state index in [1.165, 1.54) is 0 Å². The molecule has 1 amide bonds. The largest absolute Gasteiger partial charge is 0.352 e. The van der Waals surface area contributed by atoms with Gasteiger partial charge in [0.25, 0.3) is 5.91 Å². The van der Waals surface area contributed by atoms with E-state index in [4.69, 9.17) is 0 Å². The van der Waals surface area contributed by atoms with Gasteiger partial charge >= 0.3 is 0 Å². The van der Waals surface area contributed by atoms with Crippen LogP contribution in [-0.4, -0.2) is 34.3 Å². The van der Waals surface area contributed by atoms with Crippen LogP contribution < -0.4 is 10.6 Å². The smallest absolute Gasteiger partial charge is 0.288 e. The number of hydrogen-bond donors (Lipinski definition) is 2. The number of aromatic nitrogens is 3. The molecule has 0 aliphatic carbocycles. The van der Waals surface area contributed by atoms with Crippen molar-refractivity contribution in [2.24, 2.45) is 0 Å². The monoisotopic (exact) mass is 181 g/mol. The first-order valence-corrected chi connectivity index (χ1v) is 4.18. The summed E-state index contributed by atoms with van der Waals surface area (Å²) in [5.74, 6) is 1.05. The lowest BCUT2D eigenvalue weighted by molar-refractivity contribution is 0.0947. The van der Waals surface area contributed by atoms with Crippen LogP contribution in [-0.2, 0) is 13.1 Å². The summed E-state index contributed by atoms with van der Waals surface area (Å²) in [5.41, 5.74) is 0. The van der Waals surface area contributed by atoms with Gasteiger partial charge in [0.1, 0.15) is 5.82 Å². The summed E-state index contributed by atoms with van der Waals surface area (Å²) >= 11 is 0. The highest BCUT2D eigenvalue weighted by molar-refractivity contribution is 5.90. The van der Waals surface area contributed by atoms with Crippen molar-refractivity contribution < 1.29 is 4.79 Å². The summed E-state index contributed by atoms with van der Waals surface area (Å²) in [6.45, 7) is 2.30. The molecule has 0 fully saturated rings. The van der Waals surface area contributed by atoms with Gasteiger partial charge in [-0.2, -0.15) is 0 Å². The minimum atomic E-state index is -0.180. The lowest BCUT2D eigenvalue weighted by Crippen LogP contribution is -2.31. The van der Waals surface area contributed by atoms with Crippen molar-refractivity contribution in [2.75, 3.05) is 13.6 Å². The van der Waals surface area contributed by atoms with Crippen LogP contribution >= 0.6 is 0 Å². The standard InChI is InChI=1S/C7H11N5O/c1-8-7(13)6-11-10-5-4-9-2-3-12(5)6/h9H,2-4H2,1H3,(H,8,13). The third-order valence-electron chi connectivity index (χ3n) is 2.05. The molecule has 0 radical (unpaired) electrons. The molecule has 2 heterocycles. The number of carbonyl (C=O) groups excluding carboxylic acids is 1. The van der Waals surface area contributed by atoms with Crippen molar-refractivity contribution in [1.82, 2.24) is 25.4 Å². The Morgan fingerprint density at radius 2 is 2.46 bits per heavy atom. The topological polar surface area (TPSA) is 71.8 Å². The van der Waals surface area contributed by atoms with Gasteiger partial charge in [0.15, 0.2) is 0 Å². The van der Waals surface area contributed by atoms with Crippen LogP contribution in [0.2, 0.25) is 0 Å². The predicted molar refractivity (Wildman–Crippen MR) is 45.1 cm³/mol. The second kappa shape index (κ2) is 3.14. The van der Waals surface area contributed by atoms with Gasteiger partial charge in [0.05, 0.1) is 6.54 Å². The Hall–Kier alpha value is -1.43. The first kappa shape index (κ1) is 8.18. The third kappa shape index (κ3) is 1.29. The maximum absolute atomic E-state index is 11.3. The summed E-state index contributed by atoms with van der Waals surface area (Å²) in [7, 11) is 1.59. The summed E-state index contributed by atoms with van der Waals surface area (Å²) < 4.78 is 1.84. The molecule has 0 saturated heterocycles. The molecule has 6 nitrogen and oxygen atoms in total. The number of hydrogen-bond acceptors (Lipinski definition) is 4. The van der Waals surface area contributed by atoms with Gasteiger partial charge in [-0.05, 0) is 0 Å². The number of nitrogens with zero attached hydrogens (tertiary/aromatic N) is 3. The van der Waals surface area contributed by atoms with Crippen LogP contribution in [0.5, 0.6) is 0 Å². The second-order valence-corrected chi connectivity index (χ2v) is 2.85. The van der Waals surface area contributed by atoms with E-state index in [0.717, 1.165) is 18.9 Å². The van der Waals surface area contributed by atoms with Crippen molar-refractivity contribution in [3.05, 3.63) is 11.6 Å². The molecular weight excluding hydrogens is 170 g/mol. The van der Waals surface area contributed by atoms with E-state index in [-0.39, 0.29) is 5.91 Å². The Kier molecular flexibility index (Phi) is 1.97. The minimum absolute atomic E-state index is 0.180. The van der Waals surface area contributed by atoms with Crippen molar-refractivity contribution in [2.45, 2.75) is 13.1 Å². The van der Waals surface area contributed by atoms with E-state index in [1.54, 1.807) is 7.05 Å². The van der Waals surface area contributed by atoms with Gasteiger partial charge < -0.3 is 15.2 Å². The van der Waals surface area contributed by atoms with Crippen LogP contribution in [0.3, 0.4) is 0 Å². The number of carbonyl (C=O) groups is 1. The lowest BCUT2D eigenvalue weighted by atomic mass is 10.4. The zero-order valence-corrected chi connectivity index (χ0v) is 7.37. The normalized spacial score (nSPS) is 15.2. The third-order valence-corrected chi connectivity index (χ3v) is 2.05. The van der Waals surface area contributed by atoms with E-state index in [2.05, 4.69) is 20.8 Å². The maximum atomic E-state index is 11.3. The molecule has 1 aromatic rings. The van der Waals surface area contributed by atoms with E-state index in [9.17, 15) is 4.79 Å². The van der Waals surface area contributed by atoms with Gasteiger partial charge in [0.2, 0.25) is 5.82 Å². The zero-order valence-electron chi connectivity index (χ0n) is 7.37. The Balaban J connectivity index is 2.36. The number of amides is 1. The van der Waals surface area contributed by atoms with Crippen LogP contribution in [0, 0.1) is 0 Å². The van der Waals surface area contributed by atoms with E-state index >= 15 is 0 Å². The molecule has 2 N–H and O–H groups in total. The van der Waals surface area contributed by atoms with Crippen LogP contribution in [0.1, 0.15) is 16.4 Å². The molecule has 0 saturated carbocycles. The van der Waals surface area contributed by atoms with E-state index in [0.29, 0.717) is 12.4 Å². The van der Waals surface area contributed by atoms with Crippen LogP contribution in [0.15, 0.2) is 0 Å². The second-order valence-electron chi connectivity index (χ2n) is 2.85. The molecule has 0 aromatic carbocycles. The first-order valence-electron chi connectivity index (χ1n) is 4.18. The predicted octanol–water partition coefficient (Wildman–Crippen LogP) is -1.26. The average molecular weight is 181 g/mol. The molecule has 0 bridgehead atoms. The Morgan fingerprint density at radius 3 is 3.23 bits per heavy atom. The van der Waals surface area contributed by atoms with Gasteiger partial charge in [-0.1, -0.05) is 0 Å². The maximum Gasteiger partial charge on any atom is 0.288 e. The minimum Gasteiger partial charge on any atom is -0.352 e. The zero-order chi connectivity index (χ0) is 9.26. The number of nitrogens with one attached hydrogen (secondary N) is 2. The van der Waals surface area contributed by atoms with Gasteiger partial charge in [-0.15, -0.1) is 10.2 Å². The lowest BCUT2D eigenvalue weighted by Gasteiger charge is -2.15. The van der Waals surface area contributed by atoms with Crippen molar-refractivity contribution in [3.8, 4) is 0 Å². The fourth-order valence-corrected chi connectivity index (χ4v) is 1.37. The molecule has 1 aliphatic rings. The highest BCUT2D eigenvalue weighted by Gasteiger charge is 2.19. The molecule has 0 spiro atoms. The molecular formula is C7H11N5O. The van der Waals surface area contributed by atoms with Gasteiger partial charge in [-0.25, -0.2) is 0 Å². The molecule has 0 atom stereocenters. The van der Waals surface area contributed by atoms with Crippen LogP contribution in [0.4, 0.5) is 0 Å². The number of fused-ring (bicyclic) bond motifs is 1. The summed E-state index contributed by atoms with van der Waals surface area (Å²) in [5, 5.41) is 13.4. The Bertz CT molecular complexity index is 332. The van der Waals surface area contributed by atoms with Crippen molar-refractivity contribution in [3.63, 3.8) is 0 Å². The van der Waals surface area contributed by atoms with Gasteiger partial charge in [-0.3, -0.25) is 4.79 Å². The Morgan fingerprint density at radius 1 is 1.62 bits per heavy atom. The quantitative estimate of drug-likeness (QED) is 0.567. The molecule has 1 aliphatic heterocycles. The molecule has 0 unspecified atom stereocenters. The fourth-order valence-electron chi connectivity index (χ4n) is 1.37. The van der Waals surface area contributed by atoms with E-state index < -0.39 is 0 Å². The highest BCUT2D eigenvalue weighted by Crippen LogP contribution is 2.05. The highest BCUT2D eigenvalue weighted by atomic mass is 16.2. The first-order chi connectivity index (χ1) is 6.33. The number of rotatable bonds is 1. The molecule has 13 heavy (non-hydrogen) atoms. The van der Waals surface area contributed by atoms with Crippen molar-refractivity contribution >= 4 is 5.91 Å². The molecule has 2 rings (SSSR count). The summed E-state index contributed by atoms with van der Waals surface area (Å²) in [6, 6.07) is 0. The fraction of sp³-hybridized carbons (Fsp3) is 0.571. The average Bonchev–Trinajstić information content (AvgIpc) is 2.60. The summed E-state index contributed by atoms with van der Waals surface area (Å²) in [4.78, 5) is 11.3. The molecule has 1 aromatic heterocycles. The van der Waals surface area contributed by atoms with Gasteiger partial charge in [0, 0.05) is 20.1 Å². The van der Waals surface area contributed by atoms with Crippen LogP contribution in [0.25, 0.3) is 0 Å². The SMILES string of the molecule is CNC(=O)c1nnc2n1CCNC2. The van der Waals surface area contributed by atoms with E-state index in [1.807, 2.05) is 4.57 Å².